The summed E-state index contributed by atoms with van der Waals surface area (Å²) in [6, 6.07) is 9.73. The van der Waals surface area contributed by atoms with Crippen LogP contribution < -0.4 is 10.1 Å². The molecular formula is C19H16F3N3O2S. The molecule has 9 heteroatoms. The molecule has 0 aliphatic carbocycles. The van der Waals surface area contributed by atoms with Crippen molar-refractivity contribution in [3.05, 3.63) is 66.0 Å². The van der Waals surface area contributed by atoms with Gasteiger partial charge in [-0.05, 0) is 48.7 Å². The number of carbonyl (C=O) groups excluding carboxylic acids is 1. The zero-order valence-corrected chi connectivity index (χ0v) is 15.8. The number of benzene rings is 2. The van der Waals surface area contributed by atoms with Crippen LogP contribution in [0.2, 0.25) is 0 Å². The molecule has 0 bridgehead atoms. The van der Waals surface area contributed by atoms with Gasteiger partial charge in [-0.2, -0.15) is 18.3 Å². The minimum absolute atomic E-state index is 0.0143. The Bertz CT molecular complexity index is 989. The van der Waals surface area contributed by atoms with Crippen LogP contribution >= 0.6 is 11.8 Å². The van der Waals surface area contributed by atoms with Gasteiger partial charge in [0.1, 0.15) is 5.75 Å². The van der Waals surface area contributed by atoms with Gasteiger partial charge in [0.25, 0.3) is 5.91 Å². The maximum Gasteiger partial charge on any atom is 0.416 e. The molecule has 3 rings (SSSR count). The monoisotopic (exact) mass is 407 g/mol. The number of alkyl halides is 3. The molecule has 1 N–H and O–H groups in total. The van der Waals surface area contributed by atoms with E-state index in [1.54, 1.807) is 30.5 Å². The van der Waals surface area contributed by atoms with E-state index in [-0.39, 0.29) is 11.3 Å². The molecule has 0 radical (unpaired) electrons. The quantitative estimate of drug-likeness (QED) is 0.613. The Kier molecular flexibility index (Phi) is 5.64. The first-order chi connectivity index (χ1) is 13.3. The highest BCUT2D eigenvalue weighted by atomic mass is 32.2. The number of nitrogens with one attached hydrogen (secondary N) is 1. The van der Waals surface area contributed by atoms with Gasteiger partial charge < -0.3 is 10.1 Å². The SMILES string of the molecule is COc1cc(SC)ccc1C(=O)Nc1cc(C(F)(F)F)ccc1-n1cccn1. The summed E-state index contributed by atoms with van der Waals surface area (Å²) in [6.07, 6.45) is 0.410. The zero-order valence-electron chi connectivity index (χ0n) is 14.9. The first-order valence-electron chi connectivity index (χ1n) is 8.08. The Morgan fingerprint density at radius 2 is 2.00 bits per heavy atom. The molecule has 0 spiro atoms. The Balaban J connectivity index is 2.02. The van der Waals surface area contributed by atoms with Crippen LogP contribution in [-0.4, -0.2) is 29.1 Å². The fraction of sp³-hybridized carbons (Fsp3) is 0.158. The summed E-state index contributed by atoms with van der Waals surface area (Å²) in [7, 11) is 1.43. The van der Waals surface area contributed by atoms with Crippen molar-refractivity contribution in [1.82, 2.24) is 9.78 Å². The van der Waals surface area contributed by atoms with Crippen LogP contribution in [0.15, 0.2) is 59.8 Å². The number of amides is 1. The van der Waals surface area contributed by atoms with Crippen molar-refractivity contribution < 1.29 is 22.7 Å². The molecule has 5 nitrogen and oxygen atoms in total. The van der Waals surface area contributed by atoms with Gasteiger partial charge in [-0.15, -0.1) is 11.8 Å². The average Bonchev–Trinajstić information content (AvgIpc) is 3.21. The first-order valence-corrected chi connectivity index (χ1v) is 9.30. The van der Waals surface area contributed by atoms with Crippen LogP contribution in [-0.2, 0) is 6.18 Å². The number of aromatic nitrogens is 2. The van der Waals surface area contributed by atoms with Gasteiger partial charge in [0.05, 0.1) is 29.6 Å². The standard InChI is InChI=1S/C19H16F3N3O2S/c1-27-17-11-13(28-2)5-6-14(17)18(26)24-15-10-12(19(20,21)22)4-7-16(15)25-9-3-8-23-25/h3-11H,1-2H3,(H,24,26). The predicted molar refractivity (Wildman–Crippen MR) is 101 cm³/mol. The fourth-order valence-electron chi connectivity index (χ4n) is 2.60. The van der Waals surface area contributed by atoms with Gasteiger partial charge in [-0.1, -0.05) is 0 Å². The van der Waals surface area contributed by atoms with Gasteiger partial charge in [-0.25, -0.2) is 4.68 Å². The van der Waals surface area contributed by atoms with Crippen LogP contribution in [0.25, 0.3) is 5.69 Å². The molecule has 0 atom stereocenters. The normalized spacial score (nSPS) is 11.3. The summed E-state index contributed by atoms with van der Waals surface area (Å²) < 4.78 is 46.1. The number of nitrogens with zero attached hydrogens (tertiary/aromatic N) is 2. The van der Waals surface area contributed by atoms with Gasteiger partial charge in [0.15, 0.2) is 0 Å². The molecule has 1 heterocycles. The molecule has 1 amide bonds. The van der Waals surface area contributed by atoms with Crippen LogP contribution in [0, 0.1) is 0 Å². The molecule has 2 aromatic carbocycles. The molecule has 0 aliphatic heterocycles. The average molecular weight is 407 g/mol. The van der Waals surface area contributed by atoms with Crippen LogP contribution in [0.3, 0.4) is 0 Å². The number of thioether (sulfide) groups is 1. The topological polar surface area (TPSA) is 56.1 Å². The summed E-state index contributed by atoms with van der Waals surface area (Å²) in [6.45, 7) is 0. The third-order valence-electron chi connectivity index (χ3n) is 3.98. The highest BCUT2D eigenvalue weighted by Gasteiger charge is 2.31. The molecule has 1 aromatic heterocycles. The van der Waals surface area contributed by atoms with Crippen molar-refractivity contribution in [3.63, 3.8) is 0 Å². The second-order valence-electron chi connectivity index (χ2n) is 5.70. The van der Waals surface area contributed by atoms with Crippen molar-refractivity contribution in [2.75, 3.05) is 18.7 Å². The van der Waals surface area contributed by atoms with E-state index in [1.807, 2.05) is 6.26 Å². The highest BCUT2D eigenvalue weighted by Crippen LogP contribution is 2.34. The Morgan fingerprint density at radius 3 is 2.61 bits per heavy atom. The second kappa shape index (κ2) is 7.97. The van der Waals surface area contributed by atoms with Crippen LogP contribution in [0.1, 0.15) is 15.9 Å². The summed E-state index contributed by atoms with van der Waals surface area (Å²) in [5.74, 6) is -0.255. The number of hydrogen-bond acceptors (Lipinski definition) is 4. The molecule has 28 heavy (non-hydrogen) atoms. The lowest BCUT2D eigenvalue weighted by Crippen LogP contribution is -2.16. The molecule has 3 aromatic rings. The fourth-order valence-corrected chi connectivity index (χ4v) is 3.03. The van der Waals surface area contributed by atoms with Crippen LogP contribution in [0.5, 0.6) is 5.75 Å². The Labute approximate surface area is 163 Å². The largest absolute Gasteiger partial charge is 0.496 e. The summed E-state index contributed by atoms with van der Waals surface area (Å²) in [5.41, 5.74) is -0.363. The number of ether oxygens (including phenoxy) is 1. The maximum atomic E-state index is 13.1. The predicted octanol–water partition coefficient (Wildman–Crippen LogP) is 4.87. The molecule has 0 saturated carbocycles. The smallest absolute Gasteiger partial charge is 0.416 e. The van der Waals surface area contributed by atoms with Gasteiger partial charge in [-0.3, -0.25) is 4.79 Å². The maximum absolute atomic E-state index is 13.1. The molecule has 0 aliphatic rings. The van der Waals surface area contributed by atoms with Gasteiger partial charge in [0, 0.05) is 17.3 Å². The first kappa shape index (κ1) is 19.8. The highest BCUT2D eigenvalue weighted by molar-refractivity contribution is 7.98. The van der Waals surface area contributed by atoms with E-state index < -0.39 is 17.6 Å². The third-order valence-corrected chi connectivity index (χ3v) is 4.70. The molecule has 0 saturated heterocycles. The van der Waals surface area contributed by atoms with E-state index in [2.05, 4.69) is 10.4 Å². The summed E-state index contributed by atoms with van der Waals surface area (Å²) >= 11 is 1.48. The number of carbonyl (C=O) groups is 1. The zero-order chi connectivity index (χ0) is 20.3. The Morgan fingerprint density at radius 1 is 1.21 bits per heavy atom. The minimum Gasteiger partial charge on any atom is -0.496 e. The van der Waals surface area contributed by atoms with Crippen LogP contribution in [0.4, 0.5) is 18.9 Å². The van der Waals surface area contributed by atoms with Gasteiger partial charge in [0.2, 0.25) is 0 Å². The third kappa shape index (κ3) is 4.14. The summed E-state index contributed by atoms with van der Waals surface area (Å²) in [5, 5.41) is 6.59. The lowest BCUT2D eigenvalue weighted by Gasteiger charge is -2.16. The van der Waals surface area contributed by atoms with Crippen molar-refractivity contribution in [1.29, 1.82) is 0 Å². The number of anilines is 1. The Hall–Kier alpha value is -2.94. The van der Waals surface area contributed by atoms with E-state index in [4.69, 9.17) is 4.74 Å². The lowest BCUT2D eigenvalue weighted by molar-refractivity contribution is -0.137. The molecule has 0 fully saturated rings. The molecule has 146 valence electrons. The number of hydrogen-bond donors (Lipinski definition) is 1. The van der Waals surface area contributed by atoms with Crippen molar-refractivity contribution in [2.45, 2.75) is 11.1 Å². The van der Waals surface area contributed by atoms with E-state index >= 15 is 0 Å². The number of halogens is 3. The second-order valence-corrected chi connectivity index (χ2v) is 6.58. The van der Waals surface area contributed by atoms with Gasteiger partial charge >= 0.3 is 6.18 Å². The molecule has 0 unspecified atom stereocenters. The molecular weight excluding hydrogens is 391 g/mol. The number of rotatable bonds is 5. The van der Waals surface area contributed by atoms with E-state index in [9.17, 15) is 18.0 Å². The van der Waals surface area contributed by atoms with E-state index in [0.29, 0.717) is 11.4 Å². The minimum atomic E-state index is -4.54. The lowest BCUT2D eigenvalue weighted by atomic mass is 10.1. The van der Waals surface area contributed by atoms with Crippen molar-refractivity contribution in [3.8, 4) is 11.4 Å². The van der Waals surface area contributed by atoms with Crippen molar-refractivity contribution >= 4 is 23.4 Å². The van der Waals surface area contributed by atoms with E-state index in [0.717, 1.165) is 17.0 Å². The van der Waals surface area contributed by atoms with E-state index in [1.165, 1.54) is 35.8 Å². The van der Waals surface area contributed by atoms with Crippen molar-refractivity contribution in [2.24, 2.45) is 0 Å². The summed E-state index contributed by atoms with van der Waals surface area (Å²) in [4.78, 5) is 13.7. The number of methoxy groups -OCH3 is 1.